The van der Waals surface area contributed by atoms with E-state index in [1.165, 1.54) is 0 Å². The number of aliphatic hydroxyl groups is 1. The third-order valence-electron chi connectivity index (χ3n) is 2.69. The molecule has 0 spiro atoms. The standard InChI is InChI=1S/C14H20F3NO2/c15-14(16,17)12-20-10-4-7-18(8-9-19)11-13-5-2-1-3-6-13/h1-3,5-6,19H,4,7-12H2. The zero-order valence-electron chi connectivity index (χ0n) is 11.3. The first kappa shape index (κ1) is 16.9. The van der Waals surface area contributed by atoms with Crippen molar-refractivity contribution >= 4 is 0 Å². The van der Waals surface area contributed by atoms with Gasteiger partial charge in [-0.25, -0.2) is 0 Å². The highest BCUT2D eigenvalue weighted by Crippen LogP contribution is 2.14. The fourth-order valence-electron chi connectivity index (χ4n) is 1.83. The molecule has 0 aliphatic rings. The van der Waals surface area contributed by atoms with Gasteiger partial charge in [0.25, 0.3) is 0 Å². The van der Waals surface area contributed by atoms with Crippen molar-refractivity contribution in [1.82, 2.24) is 4.90 Å². The van der Waals surface area contributed by atoms with Crippen LogP contribution in [-0.2, 0) is 11.3 Å². The van der Waals surface area contributed by atoms with Crippen LogP contribution in [0.2, 0.25) is 0 Å². The van der Waals surface area contributed by atoms with E-state index in [0.717, 1.165) is 5.56 Å². The van der Waals surface area contributed by atoms with Crippen LogP contribution in [0.15, 0.2) is 30.3 Å². The van der Waals surface area contributed by atoms with Crippen molar-refractivity contribution in [3.8, 4) is 0 Å². The van der Waals surface area contributed by atoms with E-state index in [2.05, 4.69) is 4.74 Å². The number of ether oxygens (including phenoxy) is 1. The zero-order valence-corrected chi connectivity index (χ0v) is 11.3. The summed E-state index contributed by atoms with van der Waals surface area (Å²) in [7, 11) is 0. The van der Waals surface area contributed by atoms with Crippen LogP contribution in [0, 0.1) is 0 Å². The maximum absolute atomic E-state index is 11.9. The van der Waals surface area contributed by atoms with E-state index >= 15 is 0 Å². The molecule has 0 heterocycles. The second kappa shape index (κ2) is 8.94. The van der Waals surface area contributed by atoms with Gasteiger partial charge in [-0.05, 0) is 12.0 Å². The van der Waals surface area contributed by atoms with Crippen LogP contribution >= 0.6 is 0 Å². The molecule has 0 saturated carbocycles. The molecular formula is C14H20F3NO2. The van der Waals surface area contributed by atoms with Crippen molar-refractivity contribution in [2.75, 3.05) is 32.9 Å². The van der Waals surface area contributed by atoms with E-state index in [0.29, 0.717) is 26.1 Å². The lowest BCUT2D eigenvalue weighted by Gasteiger charge is -2.21. The van der Waals surface area contributed by atoms with Crippen molar-refractivity contribution in [3.63, 3.8) is 0 Å². The molecule has 0 radical (unpaired) electrons. The molecule has 1 aromatic carbocycles. The van der Waals surface area contributed by atoms with Crippen LogP contribution in [-0.4, -0.2) is 49.1 Å². The monoisotopic (exact) mass is 291 g/mol. The third kappa shape index (κ3) is 8.14. The maximum Gasteiger partial charge on any atom is 0.411 e. The van der Waals surface area contributed by atoms with Crippen molar-refractivity contribution < 1.29 is 23.0 Å². The first-order chi connectivity index (χ1) is 9.51. The predicted octanol–water partition coefficient (Wildman–Crippen LogP) is 2.45. The van der Waals surface area contributed by atoms with Gasteiger partial charge in [0.15, 0.2) is 0 Å². The van der Waals surface area contributed by atoms with Gasteiger partial charge in [0.05, 0.1) is 6.61 Å². The van der Waals surface area contributed by atoms with E-state index in [9.17, 15) is 13.2 Å². The highest BCUT2D eigenvalue weighted by atomic mass is 19.4. The highest BCUT2D eigenvalue weighted by Gasteiger charge is 2.27. The molecule has 0 aliphatic heterocycles. The summed E-state index contributed by atoms with van der Waals surface area (Å²) >= 11 is 0. The van der Waals surface area contributed by atoms with Gasteiger partial charge in [-0.2, -0.15) is 13.2 Å². The lowest BCUT2D eigenvalue weighted by molar-refractivity contribution is -0.174. The number of alkyl halides is 3. The Hall–Kier alpha value is -1.11. The molecule has 0 aromatic heterocycles. The number of aliphatic hydroxyl groups excluding tert-OH is 1. The average molecular weight is 291 g/mol. The molecule has 0 bridgehead atoms. The van der Waals surface area contributed by atoms with Crippen molar-refractivity contribution in [1.29, 1.82) is 0 Å². The number of hydrogen-bond acceptors (Lipinski definition) is 3. The minimum absolute atomic E-state index is 0.0240. The van der Waals surface area contributed by atoms with Crippen LogP contribution in [0.1, 0.15) is 12.0 Å². The number of halogens is 3. The Kier molecular flexibility index (Phi) is 7.58. The Bertz CT molecular complexity index is 357. The van der Waals surface area contributed by atoms with Gasteiger partial charge in [0.2, 0.25) is 0 Å². The minimum Gasteiger partial charge on any atom is -0.395 e. The molecule has 0 fully saturated rings. The summed E-state index contributed by atoms with van der Waals surface area (Å²) in [4.78, 5) is 1.99. The molecule has 0 aliphatic carbocycles. The molecule has 3 nitrogen and oxygen atoms in total. The first-order valence-corrected chi connectivity index (χ1v) is 6.53. The topological polar surface area (TPSA) is 32.7 Å². The van der Waals surface area contributed by atoms with E-state index < -0.39 is 12.8 Å². The second-order valence-electron chi connectivity index (χ2n) is 4.51. The van der Waals surface area contributed by atoms with Gasteiger partial charge < -0.3 is 9.84 Å². The van der Waals surface area contributed by atoms with Crippen LogP contribution in [0.25, 0.3) is 0 Å². The number of nitrogens with zero attached hydrogens (tertiary/aromatic N) is 1. The van der Waals surface area contributed by atoms with Crippen LogP contribution in [0.3, 0.4) is 0 Å². The summed E-state index contributed by atoms with van der Waals surface area (Å²) in [5.74, 6) is 0. The molecule has 6 heteroatoms. The Morgan fingerprint density at radius 1 is 1.10 bits per heavy atom. The Morgan fingerprint density at radius 3 is 2.40 bits per heavy atom. The summed E-state index contributed by atoms with van der Waals surface area (Å²) in [6, 6.07) is 9.73. The normalized spacial score (nSPS) is 12.1. The fraction of sp³-hybridized carbons (Fsp3) is 0.571. The van der Waals surface area contributed by atoms with E-state index in [1.807, 2.05) is 35.2 Å². The van der Waals surface area contributed by atoms with Gasteiger partial charge in [-0.15, -0.1) is 0 Å². The van der Waals surface area contributed by atoms with E-state index in [1.54, 1.807) is 0 Å². The largest absolute Gasteiger partial charge is 0.411 e. The third-order valence-corrected chi connectivity index (χ3v) is 2.69. The summed E-state index contributed by atoms with van der Waals surface area (Å²) in [5.41, 5.74) is 1.11. The smallest absolute Gasteiger partial charge is 0.395 e. The fourth-order valence-corrected chi connectivity index (χ4v) is 1.83. The van der Waals surface area contributed by atoms with Gasteiger partial charge in [-0.1, -0.05) is 30.3 Å². The maximum atomic E-state index is 11.9. The highest BCUT2D eigenvalue weighted by molar-refractivity contribution is 5.14. The predicted molar refractivity (Wildman–Crippen MR) is 70.3 cm³/mol. The van der Waals surface area contributed by atoms with Gasteiger partial charge in [0, 0.05) is 26.2 Å². The van der Waals surface area contributed by atoms with Crippen molar-refractivity contribution in [2.24, 2.45) is 0 Å². The molecule has 0 amide bonds. The minimum atomic E-state index is -4.27. The number of benzene rings is 1. The summed E-state index contributed by atoms with van der Waals surface area (Å²) in [6.45, 7) is 0.639. The Morgan fingerprint density at radius 2 is 1.80 bits per heavy atom. The van der Waals surface area contributed by atoms with Crippen molar-refractivity contribution in [2.45, 2.75) is 19.1 Å². The molecule has 114 valence electrons. The summed E-state index contributed by atoms with van der Waals surface area (Å²) < 4.78 is 40.2. The quantitative estimate of drug-likeness (QED) is 0.709. The zero-order chi connectivity index (χ0) is 14.8. The lowest BCUT2D eigenvalue weighted by atomic mass is 10.2. The molecule has 0 unspecified atom stereocenters. The SMILES string of the molecule is OCCN(CCCOCC(F)(F)F)Cc1ccccc1. The van der Waals surface area contributed by atoms with Gasteiger partial charge in [-0.3, -0.25) is 4.90 Å². The van der Waals surface area contributed by atoms with E-state index in [-0.39, 0.29) is 13.2 Å². The second-order valence-corrected chi connectivity index (χ2v) is 4.51. The molecular weight excluding hydrogens is 271 g/mol. The Labute approximate surface area is 117 Å². The van der Waals surface area contributed by atoms with Crippen LogP contribution in [0.4, 0.5) is 13.2 Å². The molecule has 1 aromatic rings. The molecule has 1 N–H and O–H groups in total. The van der Waals surface area contributed by atoms with Crippen molar-refractivity contribution in [3.05, 3.63) is 35.9 Å². The first-order valence-electron chi connectivity index (χ1n) is 6.53. The van der Waals surface area contributed by atoms with E-state index in [4.69, 9.17) is 5.11 Å². The summed E-state index contributed by atoms with van der Waals surface area (Å²) in [5, 5.41) is 9.00. The number of rotatable bonds is 9. The summed E-state index contributed by atoms with van der Waals surface area (Å²) in [6.07, 6.45) is -3.77. The molecule has 0 saturated heterocycles. The Balaban J connectivity index is 2.25. The molecule has 1 rings (SSSR count). The van der Waals surface area contributed by atoms with Gasteiger partial charge >= 0.3 is 6.18 Å². The van der Waals surface area contributed by atoms with Crippen LogP contribution < -0.4 is 0 Å². The average Bonchev–Trinajstić information content (AvgIpc) is 2.38. The molecule has 0 atom stereocenters. The molecule has 20 heavy (non-hydrogen) atoms. The van der Waals surface area contributed by atoms with Gasteiger partial charge in [0.1, 0.15) is 6.61 Å². The lowest BCUT2D eigenvalue weighted by Crippen LogP contribution is -2.28. The van der Waals surface area contributed by atoms with Crippen LogP contribution in [0.5, 0.6) is 0 Å². The number of hydrogen-bond donors (Lipinski definition) is 1.